The molecule has 5 nitrogen and oxygen atoms in total. The summed E-state index contributed by atoms with van der Waals surface area (Å²) in [6, 6.07) is 6.23. The third kappa shape index (κ3) is 2.36. The molecule has 1 aromatic heterocycles. The third-order valence-electron chi connectivity index (χ3n) is 4.36. The number of aromatic nitrogens is 1. The summed E-state index contributed by atoms with van der Waals surface area (Å²) in [6.45, 7) is 0.363. The Morgan fingerprint density at radius 3 is 2.72 bits per heavy atom. The predicted molar refractivity (Wildman–Crippen MR) is 86.6 cm³/mol. The van der Waals surface area contributed by atoms with Crippen molar-refractivity contribution in [2.24, 2.45) is 0 Å². The quantitative estimate of drug-likeness (QED) is 0.669. The number of carbonyl (C=O) groups is 2. The van der Waals surface area contributed by atoms with Crippen LogP contribution >= 0.6 is 0 Å². The number of halogens is 2. The maximum Gasteiger partial charge on any atom is 0.338 e. The molecule has 0 radical (unpaired) electrons. The molecule has 0 spiro atoms. The van der Waals surface area contributed by atoms with Crippen molar-refractivity contribution in [3.63, 3.8) is 0 Å². The first-order valence-electron chi connectivity index (χ1n) is 7.61. The molecule has 1 amide bonds. The fraction of sp³-hybridized carbons (Fsp3) is 0.111. The Bertz CT molecular complexity index is 1060. The average Bonchev–Trinajstić information content (AvgIpc) is 2.83. The molecule has 0 fully saturated rings. The lowest BCUT2D eigenvalue weighted by Crippen LogP contribution is -2.23. The van der Waals surface area contributed by atoms with E-state index in [1.165, 1.54) is 24.3 Å². The molecule has 0 atom stereocenters. The number of aromatic amines is 1. The van der Waals surface area contributed by atoms with E-state index in [0.717, 1.165) is 11.6 Å². The first kappa shape index (κ1) is 15.3. The molecule has 0 bridgehead atoms. The van der Waals surface area contributed by atoms with Gasteiger partial charge in [-0.3, -0.25) is 4.79 Å². The molecule has 2 aromatic carbocycles. The van der Waals surface area contributed by atoms with Gasteiger partial charge in [-0.1, -0.05) is 0 Å². The second-order valence-electron chi connectivity index (χ2n) is 5.86. The molecule has 0 saturated heterocycles. The average molecular weight is 342 g/mol. The highest BCUT2D eigenvalue weighted by Gasteiger charge is 2.24. The van der Waals surface area contributed by atoms with E-state index in [0.29, 0.717) is 35.1 Å². The monoisotopic (exact) mass is 342 g/mol. The summed E-state index contributed by atoms with van der Waals surface area (Å²) in [4.78, 5) is 26.4. The van der Waals surface area contributed by atoms with Crippen molar-refractivity contribution in [1.82, 2.24) is 10.3 Å². The lowest BCUT2D eigenvalue weighted by Gasteiger charge is -2.06. The van der Waals surface area contributed by atoms with Gasteiger partial charge < -0.3 is 15.4 Å². The van der Waals surface area contributed by atoms with Gasteiger partial charge in [0, 0.05) is 23.1 Å². The second kappa shape index (κ2) is 5.41. The molecular weight excluding hydrogens is 330 g/mol. The zero-order valence-electron chi connectivity index (χ0n) is 12.8. The zero-order valence-corrected chi connectivity index (χ0v) is 12.8. The molecule has 0 saturated carbocycles. The lowest BCUT2D eigenvalue weighted by atomic mass is 9.99. The van der Waals surface area contributed by atoms with Crippen LogP contribution in [0.5, 0.6) is 0 Å². The molecule has 1 aliphatic rings. The van der Waals surface area contributed by atoms with Crippen LogP contribution < -0.4 is 5.32 Å². The molecule has 2 heterocycles. The smallest absolute Gasteiger partial charge is 0.338 e. The number of benzene rings is 2. The molecule has 25 heavy (non-hydrogen) atoms. The molecule has 3 N–H and O–H groups in total. The summed E-state index contributed by atoms with van der Waals surface area (Å²) >= 11 is 0. The second-order valence-corrected chi connectivity index (χ2v) is 5.86. The molecule has 0 aliphatic carbocycles. The highest BCUT2D eigenvalue weighted by molar-refractivity contribution is 6.10. The van der Waals surface area contributed by atoms with E-state index in [-0.39, 0.29) is 11.5 Å². The van der Waals surface area contributed by atoms with E-state index in [1.807, 2.05) is 0 Å². The van der Waals surface area contributed by atoms with Crippen molar-refractivity contribution in [3.05, 3.63) is 58.7 Å². The number of carboxylic acids is 1. The van der Waals surface area contributed by atoms with Gasteiger partial charge in [-0.2, -0.15) is 0 Å². The minimum atomic E-state index is -1.37. The van der Waals surface area contributed by atoms with Crippen LogP contribution in [-0.2, 0) is 6.42 Å². The highest BCUT2D eigenvalue weighted by atomic mass is 19.1. The van der Waals surface area contributed by atoms with Crippen molar-refractivity contribution in [2.75, 3.05) is 6.54 Å². The number of hydrogen-bond donors (Lipinski definition) is 3. The van der Waals surface area contributed by atoms with E-state index in [9.17, 15) is 18.4 Å². The number of nitrogens with one attached hydrogen (secondary N) is 2. The van der Waals surface area contributed by atoms with Crippen molar-refractivity contribution in [1.29, 1.82) is 0 Å². The maximum absolute atomic E-state index is 13.9. The number of carbonyl (C=O) groups excluding carboxylic acids is 1. The number of hydrogen-bond acceptors (Lipinski definition) is 2. The molecule has 7 heteroatoms. The van der Waals surface area contributed by atoms with E-state index in [1.54, 1.807) is 0 Å². The number of carboxylic acid groups (broad SMARTS) is 1. The van der Waals surface area contributed by atoms with Crippen LogP contribution in [0.3, 0.4) is 0 Å². The zero-order chi connectivity index (χ0) is 17.7. The van der Waals surface area contributed by atoms with Crippen LogP contribution in [0.25, 0.3) is 22.2 Å². The van der Waals surface area contributed by atoms with E-state index >= 15 is 0 Å². The van der Waals surface area contributed by atoms with Gasteiger partial charge in [0.2, 0.25) is 0 Å². The summed E-state index contributed by atoms with van der Waals surface area (Å²) in [6.07, 6.45) is 0.486. The van der Waals surface area contributed by atoms with Gasteiger partial charge in [-0.25, -0.2) is 13.6 Å². The lowest BCUT2D eigenvalue weighted by molar-refractivity contribution is 0.0691. The largest absolute Gasteiger partial charge is 0.478 e. The SMILES string of the molecule is O=C(O)c1cc(-c2[nH]c3cc(F)cc4c3c2CCNC4=O)ccc1F. The Kier molecular flexibility index (Phi) is 3.31. The molecule has 1 aliphatic heterocycles. The first-order chi connectivity index (χ1) is 12.0. The van der Waals surface area contributed by atoms with Gasteiger partial charge in [0.1, 0.15) is 11.6 Å². The summed E-state index contributed by atoms with van der Waals surface area (Å²) in [5, 5.41) is 12.4. The Morgan fingerprint density at radius 1 is 1.16 bits per heavy atom. The van der Waals surface area contributed by atoms with Crippen LogP contribution in [0.2, 0.25) is 0 Å². The minimum absolute atomic E-state index is 0.227. The number of aromatic carboxylic acids is 1. The Hall–Kier alpha value is -3.22. The van der Waals surface area contributed by atoms with E-state index < -0.39 is 23.2 Å². The molecule has 126 valence electrons. The number of amides is 1. The van der Waals surface area contributed by atoms with Crippen LogP contribution in [0.1, 0.15) is 26.3 Å². The van der Waals surface area contributed by atoms with Crippen molar-refractivity contribution in [2.45, 2.75) is 6.42 Å². The van der Waals surface area contributed by atoms with Crippen molar-refractivity contribution >= 4 is 22.8 Å². The van der Waals surface area contributed by atoms with Gasteiger partial charge in [0.05, 0.1) is 11.1 Å². The highest BCUT2D eigenvalue weighted by Crippen LogP contribution is 2.35. The van der Waals surface area contributed by atoms with Gasteiger partial charge in [-0.05, 0) is 47.9 Å². The standard InChI is InChI=1S/C18H12F2N2O3/c19-9-6-12-15-10(3-4-21-17(12)23)16(22-14(15)7-9)8-1-2-13(20)11(5-8)18(24)25/h1-2,5-7,22H,3-4H2,(H,21,23)(H,24,25). The third-order valence-corrected chi connectivity index (χ3v) is 4.36. The fourth-order valence-corrected chi connectivity index (χ4v) is 3.28. The fourth-order valence-electron chi connectivity index (χ4n) is 3.28. The van der Waals surface area contributed by atoms with E-state index in [2.05, 4.69) is 10.3 Å². The number of rotatable bonds is 2. The maximum atomic E-state index is 13.9. The van der Waals surface area contributed by atoms with Gasteiger partial charge >= 0.3 is 5.97 Å². The molecular formula is C18H12F2N2O3. The van der Waals surface area contributed by atoms with Crippen LogP contribution in [-0.4, -0.2) is 28.5 Å². The Balaban J connectivity index is 2.02. The predicted octanol–water partition coefficient (Wildman–Crippen LogP) is 3.10. The van der Waals surface area contributed by atoms with Gasteiger partial charge in [-0.15, -0.1) is 0 Å². The Labute approximate surface area is 140 Å². The van der Waals surface area contributed by atoms with Gasteiger partial charge in [0.15, 0.2) is 0 Å². The summed E-state index contributed by atoms with van der Waals surface area (Å²) in [5.74, 6) is -3.12. The van der Waals surface area contributed by atoms with E-state index in [4.69, 9.17) is 5.11 Å². The first-order valence-corrected chi connectivity index (χ1v) is 7.61. The van der Waals surface area contributed by atoms with Crippen LogP contribution in [0.15, 0.2) is 30.3 Å². The number of H-pyrrole nitrogens is 1. The normalized spacial score (nSPS) is 13.6. The van der Waals surface area contributed by atoms with Gasteiger partial charge in [0.25, 0.3) is 5.91 Å². The van der Waals surface area contributed by atoms with Crippen molar-refractivity contribution < 1.29 is 23.5 Å². The summed E-state index contributed by atoms with van der Waals surface area (Å²) < 4.78 is 27.5. The Morgan fingerprint density at radius 2 is 1.96 bits per heavy atom. The molecule has 4 rings (SSSR count). The molecule has 0 unspecified atom stereocenters. The van der Waals surface area contributed by atoms with Crippen molar-refractivity contribution in [3.8, 4) is 11.3 Å². The molecule has 3 aromatic rings. The topological polar surface area (TPSA) is 82.2 Å². The minimum Gasteiger partial charge on any atom is -0.478 e. The van der Waals surface area contributed by atoms with Crippen LogP contribution in [0, 0.1) is 11.6 Å². The summed E-state index contributed by atoms with van der Waals surface area (Å²) in [5.41, 5.74) is 2.01. The summed E-state index contributed by atoms with van der Waals surface area (Å²) in [7, 11) is 0. The van der Waals surface area contributed by atoms with Crippen LogP contribution in [0.4, 0.5) is 8.78 Å².